The standard InChI is InChI=1S/C17H24ClNO/c1-12-8-14(17(11-19)6-2-3-7-17)16(15(18)9-12)20-10-13-4-5-13/h8-9,13H,2-7,10-11,19H2,1H3. The summed E-state index contributed by atoms with van der Waals surface area (Å²) < 4.78 is 6.10. The molecule has 0 atom stereocenters. The van der Waals surface area contributed by atoms with Gasteiger partial charge in [0.1, 0.15) is 5.75 Å². The third-order valence-electron chi connectivity index (χ3n) is 4.87. The van der Waals surface area contributed by atoms with E-state index in [1.54, 1.807) is 0 Å². The van der Waals surface area contributed by atoms with Crippen molar-refractivity contribution >= 4 is 11.6 Å². The lowest BCUT2D eigenvalue weighted by Crippen LogP contribution is -2.32. The van der Waals surface area contributed by atoms with Gasteiger partial charge in [-0.2, -0.15) is 0 Å². The van der Waals surface area contributed by atoms with Crippen molar-refractivity contribution in [1.82, 2.24) is 0 Å². The number of rotatable bonds is 5. The van der Waals surface area contributed by atoms with Crippen LogP contribution in [-0.4, -0.2) is 13.2 Å². The first kappa shape index (κ1) is 14.2. The Balaban J connectivity index is 1.97. The van der Waals surface area contributed by atoms with Gasteiger partial charge in [-0.3, -0.25) is 0 Å². The first-order valence-corrected chi connectivity index (χ1v) is 8.16. The van der Waals surface area contributed by atoms with Gasteiger partial charge in [-0.25, -0.2) is 0 Å². The van der Waals surface area contributed by atoms with Crippen LogP contribution >= 0.6 is 11.6 Å². The molecule has 2 saturated carbocycles. The highest BCUT2D eigenvalue weighted by molar-refractivity contribution is 6.32. The molecular formula is C17H24ClNO. The quantitative estimate of drug-likeness (QED) is 0.883. The fourth-order valence-corrected chi connectivity index (χ4v) is 3.72. The topological polar surface area (TPSA) is 35.2 Å². The summed E-state index contributed by atoms with van der Waals surface area (Å²) in [6.45, 7) is 3.59. The summed E-state index contributed by atoms with van der Waals surface area (Å²) in [6, 6.07) is 4.25. The van der Waals surface area contributed by atoms with Gasteiger partial charge in [-0.15, -0.1) is 0 Å². The van der Waals surface area contributed by atoms with Gasteiger partial charge in [0.25, 0.3) is 0 Å². The third kappa shape index (κ3) is 2.68. The maximum Gasteiger partial charge on any atom is 0.141 e. The third-order valence-corrected chi connectivity index (χ3v) is 5.15. The predicted octanol–water partition coefficient (Wildman–Crippen LogP) is 4.21. The van der Waals surface area contributed by atoms with Crippen LogP contribution in [0.3, 0.4) is 0 Å². The van der Waals surface area contributed by atoms with E-state index in [0.717, 1.165) is 36.1 Å². The molecule has 2 N–H and O–H groups in total. The van der Waals surface area contributed by atoms with Crippen LogP contribution in [0.5, 0.6) is 5.75 Å². The minimum absolute atomic E-state index is 0.0779. The average Bonchev–Trinajstić information content (AvgIpc) is 3.12. The number of hydrogen-bond donors (Lipinski definition) is 1. The monoisotopic (exact) mass is 293 g/mol. The summed E-state index contributed by atoms with van der Waals surface area (Å²) in [5.41, 5.74) is 8.67. The maximum atomic E-state index is 6.47. The van der Waals surface area contributed by atoms with Crippen molar-refractivity contribution in [2.45, 2.75) is 50.9 Å². The van der Waals surface area contributed by atoms with E-state index in [1.807, 2.05) is 6.07 Å². The second kappa shape index (κ2) is 5.57. The van der Waals surface area contributed by atoms with E-state index in [4.69, 9.17) is 22.1 Å². The summed E-state index contributed by atoms with van der Waals surface area (Å²) in [6.07, 6.45) is 7.41. The number of halogens is 1. The molecule has 0 bridgehead atoms. The second-order valence-electron chi connectivity index (χ2n) is 6.57. The van der Waals surface area contributed by atoms with E-state index in [1.165, 1.54) is 36.8 Å². The molecule has 3 rings (SSSR count). The zero-order valence-electron chi connectivity index (χ0n) is 12.3. The Morgan fingerprint density at radius 2 is 2.00 bits per heavy atom. The van der Waals surface area contributed by atoms with Crippen molar-refractivity contribution in [2.75, 3.05) is 13.2 Å². The molecule has 0 radical (unpaired) electrons. The van der Waals surface area contributed by atoms with Crippen LogP contribution in [0.4, 0.5) is 0 Å². The van der Waals surface area contributed by atoms with Crippen molar-refractivity contribution in [2.24, 2.45) is 11.7 Å². The van der Waals surface area contributed by atoms with Crippen LogP contribution in [0, 0.1) is 12.8 Å². The van der Waals surface area contributed by atoms with Crippen molar-refractivity contribution in [1.29, 1.82) is 0 Å². The maximum absolute atomic E-state index is 6.47. The van der Waals surface area contributed by atoms with Crippen LogP contribution in [0.2, 0.25) is 5.02 Å². The van der Waals surface area contributed by atoms with Gasteiger partial charge >= 0.3 is 0 Å². The smallest absolute Gasteiger partial charge is 0.141 e. The van der Waals surface area contributed by atoms with Crippen molar-refractivity contribution in [3.63, 3.8) is 0 Å². The molecular weight excluding hydrogens is 270 g/mol. The van der Waals surface area contributed by atoms with Crippen molar-refractivity contribution in [3.05, 3.63) is 28.3 Å². The lowest BCUT2D eigenvalue weighted by molar-refractivity contribution is 0.287. The Morgan fingerprint density at radius 3 is 2.60 bits per heavy atom. The predicted molar refractivity (Wildman–Crippen MR) is 83.6 cm³/mol. The molecule has 2 aliphatic carbocycles. The van der Waals surface area contributed by atoms with E-state index >= 15 is 0 Å². The molecule has 0 unspecified atom stereocenters. The zero-order chi connectivity index (χ0) is 14.2. The molecule has 0 amide bonds. The summed E-state index contributed by atoms with van der Waals surface area (Å²) in [5, 5.41) is 0.750. The van der Waals surface area contributed by atoms with Crippen LogP contribution in [-0.2, 0) is 5.41 Å². The molecule has 2 nitrogen and oxygen atoms in total. The fraction of sp³-hybridized carbons (Fsp3) is 0.647. The van der Waals surface area contributed by atoms with E-state index in [0.29, 0.717) is 6.54 Å². The molecule has 110 valence electrons. The molecule has 0 aromatic heterocycles. The first-order valence-electron chi connectivity index (χ1n) is 7.78. The minimum Gasteiger partial charge on any atom is -0.491 e. The number of aryl methyl sites for hydroxylation is 1. The largest absolute Gasteiger partial charge is 0.491 e. The van der Waals surface area contributed by atoms with Gasteiger partial charge in [-0.1, -0.05) is 30.5 Å². The zero-order valence-corrected chi connectivity index (χ0v) is 13.0. The molecule has 3 heteroatoms. The summed E-state index contributed by atoms with van der Waals surface area (Å²) in [4.78, 5) is 0. The summed E-state index contributed by atoms with van der Waals surface area (Å²) in [5.74, 6) is 1.63. The summed E-state index contributed by atoms with van der Waals surface area (Å²) in [7, 11) is 0. The lowest BCUT2D eigenvalue weighted by atomic mass is 9.78. The summed E-state index contributed by atoms with van der Waals surface area (Å²) >= 11 is 6.47. The molecule has 0 saturated heterocycles. The molecule has 0 heterocycles. The highest BCUT2D eigenvalue weighted by Crippen LogP contribution is 2.47. The highest BCUT2D eigenvalue weighted by atomic mass is 35.5. The molecule has 0 spiro atoms. The van der Waals surface area contributed by atoms with Gasteiger partial charge in [0.05, 0.1) is 11.6 Å². The van der Waals surface area contributed by atoms with Crippen molar-refractivity contribution in [3.8, 4) is 5.75 Å². The van der Waals surface area contributed by atoms with Gasteiger partial charge in [0, 0.05) is 17.5 Å². The highest BCUT2D eigenvalue weighted by Gasteiger charge is 2.37. The van der Waals surface area contributed by atoms with E-state index < -0.39 is 0 Å². The Morgan fingerprint density at radius 1 is 1.30 bits per heavy atom. The second-order valence-corrected chi connectivity index (χ2v) is 6.98. The molecule has 0 aliphatic heterocycles. The van der Waals surface area contributed by atoms with Gasteiger partial charge in [0.2, 0.25) is 0 Å². The van der Waals surface area contributed by atoms with Crippen LogP contribution in [0.15, 0.2) is 12.1 Å². The van der Waals surface area contributed by atoms with Crippen LogP contribution in [0.1, 0.15) is 49.7 Å². The van der Waals surface area contributed by atoms with Crippen LogP contribution < -0.4 is 10.5 Å². The van der Waals surface area contributed by atoms with E-state index in [9.17, 15) is 0 Å². The Bertz CT molecular complexity index is 490. The Hall–Kier alpha value is -0.730. The van der Waals surface area contributed by atoms with E-state index in [-0.39, 0.29) is 5.41 Å². The van der Waals surface area contributed by atoms with E-state index in [2.05, 4.69) is 13.0 Å². The number of nitrogens with two attached hydrogens (primary N) is 1. The number of hydrogen-bond acceptors (Lipinski definition) is 2. The SMILES string of the molecule is Cc1cc(Cl)c(OCC2CC2)c(C2(CN)CCCC2)c1. The molecule has 1 aromatic carbocycles. The van der Waals surface area contributed by atoms with Gasteiger partial charge < -0.3 is 10.5 Å². The lowest BCUT2D eigenvalue weighted by Gasteiger charge is -2.31. The Kier molecular flexibility index (Phi) is 3.96. The first-order chi connectivity index (χ1) is 9.64. The van der Waals surface area contributed by atoms with Crippen molar-refractivity contribution < 1.29 is 4.74 Å². The Labute approximate surface area is 126 Å². The normalized spacial score (nSPS) is 21.1. The fourth-order valence-electron chi connectivity index (χ4n) is 3.39. The molecule has 2 aliphatic rings. The average molecular weight is 294 g/mol. The van der Waals surface area contributed by atoms with Crippen LogP contribution in [0.25, 0.3) is 0 Å². The number of ether oxygens (including phenoxy) is 1. The molecule has 20 heavy (non-hydrogen) atoms. The minimum atomic E-state index is 0.0779. The van der Waals surface area contributed by atoms with Gasteiger partial charge in [0.15, 0.2) is 0 Å². The van der Waals surface area contributed by atoms with Gasteiger partial charge in [-0.05, 0) is 50.2 Å². The molecule has 1 aromatic rings. The number of benzene rings is 1. The molecule has 2 fully saturated rings.